The van der Waals surface area contributed by atoms with Gasteiger partial charge in [0.25, 0.3) is 0 Å². The second-order valence-corrected chi connectivity index (χ2v) is 4.09. The molecule has 1 aliphatic heterocycles. The second-order valence-electron chi connectivity index (χ2n) is 3.24. The molecule has 1 fully saturated rings. The molecule has 15 heavy (non-hydrogen) atoms. The Morgan fingerprint density at radius 2 is 2.33 bits per heavy atom. The standard InChI is InChI=1S/C10H9BrFNO2/c11-6-2-1-3-7(12)10(6)8-4-13-9(14)5-15-8/h1-3,8H,4-5H2,(H,13,14)/t8-/m0/s1. The lowest BCUT2D eigenvalue weighted by Crippen LogP contribution is -2.39. The van der Waals surface area contributed by atoms with Gasteiger partial charge in [-0.1, -0.05) is 22.0 Å². The monoisotopic (exact) mass is 273 g/mol. The van der Waals surface area contributed by atoms with Gasteiger partial charge in [-0.05, 0) is 12.1 Å². The van der Waals surface area contributed by atoms with Crippen LogP contribution in [0.2, 0.25) is 0 Å². The molecule has 1 heterocycles. The minimum absolute atomic E-state index is 0.0224. The molecule has 1 aliphatic rings. The average molecular weight is 274 g/mol. The van der Waals surface area contributed by atoms with Crippen LogP contribution in [0.3, 0.4) is 0 Å². The molecule has 80 valence electrons. The van der Waals surface area contributed by atoms with Crippen molar-refractivity contribution in [1.29, 1.82) is 0 Å². The molecule has 0 bridgehead atoms. The third-order valence-corrected chi connectivity index (χ3v) is 2.91. The summed E-state index contributed by atoms with van der Waals surface area (Å²) in [5, 5.41) is 2.63. The van der Waals surface area contributed by atoms with Crippen molar-refractivity contribution in [3.63, 3.8) is 0 Å². The van der Waals surface area contributed by atoms with E-state index < -0.39 is 6.10 Å². The molecular formula is C10H9BrFNO2. The molecule has 0 radical (unpaired) electrons. The Morgan fingerprint density at radius 3 is 2.93 bits per heavy atom. The number of carbonyl (C=O) groups is 1. The molecule has 2 rings (SSSR count). The van der Waals surface area contributed by atoms with Gasteiger partial charge >= 0.3 is 0 Å². The molecule has 1 aromatic carbocycles. The van der Waals surface area contributed by atoms with E-state index in [1.54, 1.807) is 12.1 Å². The fourth-order valence-electron chi connectivity index (χ4n) is 1.50. The van der Waals surface area contributed by atoms with E-state index in [-0.39, 0.29) is 18.3 Å². The Labute approximate surface area is 94.7 Å². The van der Waals surface area contributed by atoms with Crippen LogP contribution in [-0.4, -0.2) is 19.1 Å². The summed E-state index contributed by atoms with van der Waals surface area (Å²) in [5.41, 5.74) is 0.456. The van der Waals surface area contributed by atoms with Crippen molar-refractivity contribution in [3.05, 3.63) is 34.1 Å². The van der Waals surface area contributed by atoms with E-state index in [1.165, 1.54) is 6.07 Å². The zero-order chi connectivity index (χ0) is 10.8. The summed E-state index contributed by atoms with van der Waals surface area (Å²) in [7, 11) is 0. The molecule has 3 nitrogen and oxygen atoms in total. The molecule has 1 amide bonds. The average Bonchev–Trinajstić information content (AvgIpc) is 2.20. The van der Waals surface area contributed by atoms with Crippen molar-refractivity contribution in [2.75, 3.05) is 13.2 Å². The van der Waals surface area contributed by atoms with E-state index in [4.69, 9.17) is 4.74 Å². The van der Waals surface area contributed by atoms with E-state index >= 15 is 0 Å². The zero-order valence-electron chi connectivity index (χ0n) is 7.80. The largest absolute Gasteiger partial charge is 0.362 e. The number of halogens is 2. The van der Waals surface area contributed by atoms with Gasteiger partial charge in [-0.2, -0.15) is 0 Å². The third-order valence-electron chi connectivity index (χ3n) is 2.22. The third kappa shape index (κ3) is 2.18. The van der Waals surface area contributed by atoms with Crippen molar-refractivity contribution in [1.82, 2.24) is 5.32 Å². The highest BCUT2D eigenvalue weighted by Gasteiger charge is 2.24. The maximum absolute atomic E-state index is 13.5. The quantitative estimate of drug-likeness (QED) is 0.847. The number of ether oxygens (including phenoxy) is 1. The maximum atomic E-state index is 13.5. The summed E-state index contributed by atoms with van der Waals surface area (Å²) < 4.78 is 19.4. The summed E-state index contributed by atoms with van der Waals surface area (Å²) in [6.07, 6.45) is -0.418. The first-order chi connectivity index (χ1) is 7.18. The van der Waals surface area contributed by atoms with Gasteiger partial charge in [0.2, 0.25) is 5.91 Å². The topological polar surface area (TPSA) is 38.3 Å². The number of hydrogen-bond donors (Lipinski definition) is 1. The van der Waals surface area contributed by atoms with E-state index in [1.807, 2.05) is 0 Å². The first kappa shape index (κ1) is 10.6. The van der Waals surface area contributed by atoms with Crippen LogP contribution in [0.25, 0.3) is 0 Å². The number of nitrogens with one attached hydrogen (secondary N) is 1. The minimum Gasteiger partial charge on any atom is -0.362 e. The van der Waals surface area contributed by atoms with E-state index in [9.17, 15) is 9.18 Å². The number of amides is 1. The fraction of sp³-hybridized carbons (Fsp3) is 0.300. The highest BCUT2D eigenvalue weighted by Crippen LogP contribution is 2.29. The van der Waals surface area contributed by atoms with Gasteiger partial charge in [0.1, 0.15) is 18.5 Å². The van der Waals surface area contributed by atoms with Gasteiger partial charge in [0, 0.05) is 16.6 Å². The molecule has 1 aromatic rings. The van der Waals surface area contributed by atoms with Crippen LogP contribution in [-0.2, 0) is 9.53 Å². The SMILES string of the molecule is O=C1CO[C@H](c2c(F)cccc2Br)CN1. The molecule has 1 N–H and O–H groups in total. The van der Waals surface area contributed by atoms with E-state index in [2.05, 4.69) is 21.2 Å². The number of carbonyl (C=O) groups excluding carboxylic acids is 1. The lowest BCUT2D eigenvalue weighted by Gasteiger charge is -2.24. The zero-order valence-corrected chi connectivity index (χ0v) is 9.38. The summed E-state index contributed by atoms with van der Waals surface area (Å²) in [4.78, 5) is 10.9. The number of rotatable bonds is 1. The maximum Gasteiger partial charge on any atom is 0.246 e. The van der Waals surface area contributed by atoms with Gasteiger partial charge < -0.3 is 10.1 Å². The molecule has 0 saturated carbocycles. The number of benzene rings is 1. The van der Waals surface area contributed by atoms with Crippen LogP contribution < -0.4 is 5.32 Å². The Bertz CT molecular complexity index is 367. The Morgan fingerprint density at radius 1 is 1.53 bits per heavy atom. The lowest BCUT2D eigenvalue weighted by molar-refractivity contribution is -0.133. The van der Waals surface area contributed by atoms with Crippen molar-refractivity contribution < 1.29 is 13.9 Å². The second kappa shape index (κ2) is 4.28. The molecule has 0 aromatic heterocycles. The van der Waals surface area contributed by atoms with Crippen molar-refractivity contribution in [3.8, 4) is 0 Å². The number of hydrogen-bond acceptors (Lipinski definition) is 2. The molecule has 0 aliphatic carbocycles. The van der Waals surface area contributed by atoms with Crippen LogP contribution in [0.4, 0.5) is 4.39 Å². The summed E-state index contributed by atoms with van der Waals surface area (Å²) in [5.74, 6) is -0.496. The summed E-state index contributed by atoms with van der Waals surface area (Å²) >= 11 is 3.27. The minimum atomic E-state index is -0.418. The molecule has 0 unspecified atom stereocenters. The van der Waals surface area contributed by atoms with Crippen molar-refractivity contribution in [2.24, 2.45) is 0 Å². The van der Waals surface area contributed by atoms with Crippen LogP contribution in [0.5, 0.6) is 0 Å². The summed E-state index contributed by atoms with van der Waals surface area (Å²) in [6.45, 7) is 0.282. The van der Waals surface area contributed by atoms with Gasteiger partial charge in [0.15, 0.2) is 0 Å². The Balaban J connectivity index is 2.26. The fourth-order valence-corrected chi connectivity index (χ4v) is 2.09. The lowest BCUT2D eigenvalue weighted by atomic mass is 10.1. The van der Waals surface area contributed by atoms with Crippen molar-refractivity contribution >= 4 is 21.8 Å². The molecule has 5 heteroatoms. The first-order valence-corrected chi connectivity index (χ1v) is 5.30. The molecule has 1 saturated heterocycles. The normalized spacial score (nSPS) is 21.2. The molecule has 0 spiro atoms. The van der Waals surface area contributed by atoms with E-state index in [0.717, 1.165) is 0 Å². The van der Waals surface area contributed by atoms with Crippen LogP contribution in [0.1, 0.15) is 11.7 Å². The van der Waals surface area contributed by atoms with Gasteiger partial charge in [-0.3, -0.25) is 4.79 Å². The summed E-state index contributed by atoms with van der Waals surface area (Å²) in [6, 6.07) is 4.74. The van der Waals surface area contributed by atoms with Gasteiger partial charge in [0.05, 0.1) is 0 Å². The van der Waals surface area contributed by atoms with Crippen LogP contribution in [0, 0.1) is 5.82 Å². The first-order valence-electron chi connectivity index (χ1n) is 4.50. The van der Waals surface area contributed by atoms with Crippen molar-refractivity contribution in [2.45, 2.75) is 6.10 Å². The molecule has 1 atom stereocenters. The van der Waals surface area contributed by atoms with Gasteiger partial charge in [-0.15, -0.1) is 0 Å². The Kier molecular flexibility index (Phi) is 3.02. The Hall–Kier alpha value is -0.940. The van der Waals surface area contributed by atoms with E-state index in [0.29, 0.717) is 16.6 Å². The van der Waals surface area contributed by atoms with Crippen LogP contribution in [0.15, 0.2) is 22.7 Å². The highest BCUT2D eigenvalue weighted by molar-refractivity contribution is 9.10. The predicted octanol–water partition coefficient (Wildman–Crippen LogP) is 1.78. The smallest absolute Gasteiger partial charge is 0.246 e. The number of morpholine rings is 1. The van der Waals surface area contributed by atoms with Crippen LogP contribution >= 0.6 is 15.9 Å². The van der Waals surface area contributed by atoms with Gasteiger partial charge in [-0.25, -0.2) is 4.39 Å². The predicted molar refractivity (Wildman–Crippen MR) is 55.8 cm³/mol. The molecular weight excluding hydrogens is 265 g/mol. The highest BCUT2D eigenvalue weighted by atomic mass is 79.9.